The first kappa shape index (κ1) is 15.0. The minimum absolute atomic E-state index is 0.00596. The van der Waals surface area contributed by atoms with Crippen molar-refractivity contribution in [3.63, 3.8) is 0 Å². The number of rotatable bonds is 1. The Morgan fingerprint density at radius 2 is 2.00 bits per heavy atom. The van der Waals surface area contributed by atoms with E-state index in [1.807, 2.05) is 0 Å². The van der Waals surface area contributed by atoms with Crippen LogP contribution in [0.1, 0.15) is 16.8 Å². The molecule has 0 spiro atoms. The van der Waals surface area contributed by atoms with Gasteiger partial charge in [-0.1, -0.05) is 6.08 Å². The van der Waals surface area contributed by atoms with Crippen molar-refractivity contribution in [1.82, 2.24) is 4.90 Å². The third-order valence-electron chi connectivity index (χ3n) is 3.02. The van der Waals surface area contributed by atoms with Crippen molar-refractivity contribution in [2.45, 2.75) is 12.6 Å². The van der Waals surface area contributed by atoms with Crippen LogP contribution in [-0.2, 0) is 0 Å². The lowest BCUT2D eigenvalue weighted by Gasteiger charge is -2.27. The summed E-state index contributed by atoms with van der Waals surface area (Å²) in [4.78, 5) is 13.5. The van der Waals surface area contributed by atoms with Crippen LogP contribution < -0.4 is 0 Å². The Morgan fingerprint density at radius 3 is 2.50 bits per heavy atom. The minimum atomic E-state index is -4.34. The van der Waals surface area contributed by atoms with Gasteiger partial charge in [0, 0.05) is 23.1 Å². The van der Waals surface area contributed by atoms with Gasteiger partial charge in [-0.3, -0.25) is 4.79 Å². The number of amides is 1. The van der Waals surface area contributed by atoms with Crippen molar-refractivity contribution in [3.05, 3.63) is 45.7 Å². The van der Waals surface area contributed by atoms with E-state index in [9.17, 15) is 22.4 Å². The summed E-state index contributed by atoms with van der Waals surface area (Å²) in [6, 6.07) is 3.60. The van der Waals surface area contributed by atoms with Crippen molar-refractivity contribution in [1.29, 1.82) is 0 Å². The average Bonchev–Trinajstić information content (AvgIpc) is 2.37. The lowest BCUT2D eigenvalue weighted by atomic mass is 10.1. The summed E-state index contributed by atoms with van der Waals surface area (Å²) in [5.74, 6) is -0.916. The molecule has 1 amide bonds. The van der Waals surface area contributed by atoms with E-state index < -0.39 is 23.5 Å². The van der Waals surface area contributed by atoms with Crippen molar-refractivity contribution < 1.29 is 22.4 Å². The first-order valence-electron chi connectivity index (χ1n) is 5.79. The second kappa shape index (κ2) is 5.55. The van der Waals surface area contributed by atoms with E-state index in [4.69, 9.17) is 0 Å². The van der Waals surface area contributed by atoms with Crippen LogP contribution >= 0.6 is 15.9 Å². The van der Waals surface area contributed by atoms with Gasteiger partial charge in [0.2, 0.25) is 0 Å². The summed E-state index contributed by atoms with van der Waals surface area (Å²) in [7, 11) is 0. The Bertz CT molecular complexity index is 568. The third-order valence-corrected chi connectivity index (χ3v) is 3.68. The molecule has 0 unspecified atom stereocenters. The number of benzene rings is 1. The van der Waals surface area contributed by atoms with E-state index >= 15 is 0 Å². The predicted molar refractivity (Wildman–Crippen MR) is 68.8 cm³/mol. The Labute approximate surface area is 121 Å². The molecule has 1 aliphatic rings. The zero-order valence-corrected chi connectivity index (χ0v) is 11.8. The molecule has 7 heteroatoms. The van der Waals surface area contributed by atoms with Crippen molar-refractivity contribution in [2.24, 2.45) is 0 Å². The van der Waals surface area contributed by atoms with E-state index in [-0.39, 0.29) is 29.5 Å². The number of alkyl halides is 3. The third kappa shape index (κ3) is 3.20. The second-order valence-corrected chi connectivity index (χ2v) is 5.21. The molecule has 0 bridgehead atoms. The van der Waals surface area contributed by atoms with Gasteiger partial charge in [-0.25, -0.2) is 4.39 Å². The van der Waals surface area contributed by atoms with Crippen molar-refractivity contribution in [3.8, 4) is 0 Å². The lowest BCUT2D eigenvalue weighted by molar-refractivity contribution is -0.0957. The molecule has 0 saturated heterocycles. The quantitative estimate of drug-likeness (QED) is 0.554. The molecule has 0 aliphatic carbocycles. The Balaban J connectivity index is 2.14. The summed E-state index contributed by atoms with van der Waals surface area (Å²) in [5, 5.41) is 0. The topological polar surface area (TPSA) is 20.3 Å². The van der Waals surface area contributed by atoms with Gasteiger partial charge in [-0.15, -0.1) is 0 Å². The van der Waals surface area contributed by atoms with Gasteiger partial charge in [0.1, 0.15) is 5.82 Å². The second-order valence-electron chi connectivity index (χ2n) is 4.35. The molecule has 2 rings (SSSR count). The predicted octanol–water partition coefficient (Wildman–Crippen LogP) is 3.92. The van der Waals surface area contributed by atoms with Crippen molar-refractivity contribution in [2.75, 3.05) is 13.1 Å². The van der Waals surface area contributed by atoms with Gasteiger partial charge in [-0.2, -0.15) is 13.2 Å². The van der Waals surface area contributed by atoms with Crippen LogP contribution in [0.2, 0.25) is 0 Å². The zero-order valence-electron chi connectivity index (χ0n) is 10.2. The van der Waals surface area contributed by atoms with E-state index in [2.05, 4.69) is 15.9 Å². The maximum atomic E-state index is 12.9. The molecule has 2 nitrogen and oxygen atoms in total. The van der Waals surface area contributed by atoms with E-state index in [1.54, 1.807) is 0 Å². The molecule has 20 heavy (non-hydrogen) atoms. The molecule has 0 N–H and O–H groups in total. The number of hydrogen-bond donors (Lipinski definition) is 0. The molecular formula is C13H10BrF4NO. The van der Waals surface area contributed by atoms with Crippen LogP contribution in [0.4, 0.5) is 17.6 Å². The lowest BCUT2D eigenvalue weighted by Crippen LogP contribution is -2.36. The Hall–Kier alpha value is -1.37. The molecule has 0 fully saturated rings. The van der Waals surface area contributed by atoms with Crippen LogP contribution in [-0.4, -0.2) is 30.1 Å². The molecule has 0 saturated carbocycles. The normalized spacial score (nSPS) is 16.1. The fourth-order valence-corrected chi connectivity index (χ4v) is 2.46. The summed E-state index contributed by atoms with van der Waals surface area (Å²) >= 11 is 3.08. The van der Waals surface area contributed by atoms with E-state index in [1.165, 1.54) is 11.0 Å². The molecule has 1 heterocycles. The van der Waals surface area contributed by atoms with Gasteiger partial charge >= 0.3 is 6.18 Å². The van der Waals surface area contributed by atoms with Gasteiger partial charge in [0.25, 0.3) is 5.91 Å². The highest BCUT2D eigenvalue weighted by molar-refractivity contribution is 9.10. The summed E-state index contributed by atoms with van der Waals surface area (Å²) in [6.45, 7) is -0.106. The molecule has 0 atom stereocenters. The number of carbonyl (C=O) groups is 1. The van der Waals surface area contributed by atoms with Crippen LogP contribution in [0.3, 0.4) is 0 Å². The fourth-order valence-electron chi connectivity index (χ4n) is 1.94. The molecule has 1 aliphatic heterocycles. The van der Waals surface area contributed by atoms with Crippen LogP contribution in [0.5, 0.6) is 0 Å². The molecular weight excluding hydrogens is 342 g/mol. The number of halogens is 5. The summed E-state index contributed by atoms with van der Waals surface area (Å²) in [5.41, 5.74) is -0.380. The number of carbonyl (C=O) groups excluding carboxylic acids is 1. The van der Waals surface area contributed by atoms with Crippen LogP contribution in [0, 0.1) is 5.82 Å². The molecule has 0 radical (unpaired) electrons. The first-order valence-corrected chi connectivity index (χ1v) is 6.59. The Kier molecular flexibility index (Phi) is 4.17. The van der Waals surface area contributed by atoms with Gasteiger partial charge in [0.15, 0.2) is 0 Å². The highest BCUT2D eigenvalue weighted by Crippen LogP contribution is 2.31. The highest BCUT2D eigenvalue weighted by atomic mass is 79.9. The Morgan fingerprint density at radius 1 is 1.30 bits per heavy atom. The average molecular weight is 352 g/mol. The zero-order chi connectivity index (χ0) is 14.9. The molecule has 108 valence electrons. The maximum absolute atomic E-state index is 12.9. The smallest absolute Gasteiger partial charge is 0.335 e. The SMILES string of the molecule is O=C(c1ccc(F)cc1Br)N1CC=C(C(F)(F)F)CC1. The molecule has 1 aromatic carbocycles. The number of hydrogen-bond acceptors (Lipinski definition) is 1. The number of nitrogens with zero attached hydrogens (tertiary/aromatic N) is 1. The summed E-state index contributed by atoms with van der Waals surface area (Å²) < 4.78 is 50.7. The van der Waals surface area contributed by atoms with Gasteiger partial charge in [0.05, 0.1) is 5.56 Å². The fraction of sp³-hybridized carbons (Fsp3) is 0.308. The molecule has 0 aromatic heterocycles. The first-order chi connectivity index (χ1) is 9.29. The van der Waals surface area contributed by atoms with E-state index in [0.29, 0.717) is 0 Å². The van der Waals surface area contributed by atoms with Crippen LogP contribution in [0.25, 0.3) is 0 Å². The van der Waals surface area contributed by atoms with Gasteiger partial charge < -0.3 is 4.90 Å². The summed E-state index contributed by atoms with van der Waals surface area (Å²) in [6.07, 6.45) is -3.56. The van der Waals surface area contributed by atoms with E-state index in [0.717, 1.165) is 18.2 Å². The highest BCUT2D eigenvalue weighted by Gasteiger charge is 2.35. The molecule has 1 aromatic rings. The van der Waals surface area contributed by atoms with Gasteiger partial charge in [-0.05, 0) is 40.5 Å². The maximum Gasteiger partial charge on any atom is 0.412 e. The standard InChI is InChI=1S/C13H10BrF4NO/c14-11-7-9(15)1-2-10(11)12(20)19-5-3-8(4-6-19)13(16,17)18/h1-3,7H,4-6H2. The largest absolute Gasteiger partial charge is 0.412 e. The van der Waals surface area contributed by atoms with Crippen LogP contribution in [0.15, 0.2) is 34.3 Å². The monoisotopic (exact) mass is 351 g/mol. The van der Waals surface area contributed by atoms with Crippen molar-refractivity contribution >= 4 is 21.8 Å². The minimum Gasteiger partial charge on any atom is -0.335 e.